The van der Waals surface area contributed by atoms with Crippen LogP contribution < -0.4 is 0 Å². The maximum Gasteiger partial charge on any atom is 0.389 e. The highest BCUT2D eigenvalue weighted by Crippen LogP contribution is 2.25. The smallest absolute Gasteiger partial charge is 0.389 e. The second-order valence-corrected chi connectivity index (χ2v) is 4.95. The first-order chi connectivity index (χ1) is 8.38. The van der Waals surface area contributed by atoms with E-state index in [0.29, 0.717) is 18.9 Å². The van der Waals surface area contributed by atoms with E-state index in [1.54, 1.807) is 0 Å². The number of alkyl halides is 3. The van der Waals surface area contributed by atoms with Gasteiger partial charge in [0.2, 0.25) is 0 Å². The normalized spacial score (nSPS) is 16.6. The molecule has 1 aliphatic rings. The summed E-state index contributed by atoms with van der Waals surface area (Å²) in [4.78, 5) is 0. The predicted octanol–water partition coefficient (Wildman–Crippen LogP) is 5.00. The number of rotatable bonds is 6. The molecule has 1 rings (SSSR count). The van der Waals surface area contributed by atoms with E-state index >= 15 is 0 Å². The molecular weight excluding hydrogens is 241 g/mol. The molecule has 0 aromatic carbocycles. The van der Waals surface area contributed by atoms with Crippen LogP contribution in [-0.2, 0) is 4.74 Å². The van der Waals surface area contributed by atoms with Crippen LogP contribution in [0.15, 0.2) is 23.5 Å². The van der Waals surface area contributed by atoms with E-state index in [9.17, 15) is 13.2 Å². The van der Waals surface area contributed by atoms with Gasteiger partial charge in [-0.3, -0.25) is 0 Å². The number of allylic oxidation sites excluding steroid dienone is 4. The maximum atomic E-state index is 11.9. The third kappa shape index (κ3) is 6.12. The summed E-state index contributed by atoms with van der Waals surface area (Å²) in [6.07, 6.45) is 1.71. The van der Waals surface area contributed by atoms with Gasteiger partial charge in [0, 0.05) is 12.8 Å². The fraction of sp³-hybridized carbons (Fsp3) is 0.714. The zero-order valence-electron chi connectivity index (χ0n) is 11.0. The lowest BCUT2D eigenvalue weighted by molar-refractivity contribution is -0.136. The van der Waals surface area contributed by atoms with Crippen LogP contribution in [0, 0.1) is 5.92 Å². The molecule has 104 valence electrons. The number of hydrogen-bond acceptors (Lipinski definition) is 1. The van der Waals surface area contributed by atoms with E-state index in [0.717, 1.165) is 18.6 Å². The first kappa shape index (κ1) is 15.1. The fourth-order valence-electron chi connectivity index (χ4n) is 1.87. The third-order valence-corrected chi connectivity index (χ3v) is 3.03. The highest BCUT2D eigenvalue weighted by Gasteiger charge is 2.25. The van der Waals surface area contributed by atoms with Gasteiger partial charge in [0.15, 0.2) is 0 Å². The molecule has 18 heavy (non-hydrogen) atoms. The number of ether oxygens (including phenoxy) is 1. The molecule has 0 amide bonds. The molecule has 0 aromatic rings. The minimum absolute atomic E-state index is 0.143. The van der Waals surface area contributed by atoms with Crippen molar-refractivity contribution in [2.75, 3.05) is 6.61 Å². The van der Waals surface area contributed by atoms with E-state index in [-0.39, 0.29) is 6.42 Å². The minimum atomic E-state index is -4.04. The molecule has 0 fully saturated rings. The number of halogens is 3. The fourth-order valence-corrected chi connectivity index (χ4v) is 1.87. The molecule has 4 heteroatoms. The Bertz CT molecular complexity index is 313. The molecule has 0 saturated heterocycles. The average Bonchev–Trinajstić information content (AvgIpc) is 2.27. The Balaban J connectivity index is 2.18. The summed E-state index contributed by atoms with van der Waals surface area (Å²) < 4.78 is 41.2. The zero-order chi connectivity index (χ0) is 13.6. The van der Waals surface area contributed by atoms with Gasteiger partial charge in [0.05, 0.1) is 12.4 Å². The summed E-state index contributed by atoms with van der Waals surface area (Å²) in [6.45, 7) is 4.69. The second-order valence-electron chi connectivity index (χ2n) is 4.95. The van der Waals surface area contributed by atoms with Crippen molar-refractivity contribution < 1.29 is 17.9 Å². The van der Waals surface area contributed by atoms with Crippen LogP contribution >= 0.6 is 0 Å². The molecule has 0 atom stereocenters. The first-order valence-corrected chi connectivity index (χ1v) is 6.47. The molecule has 0 aromatic heterocycles. The van der Waals surface area contributed by atoms with E-state index in [1.165, 1.54) is 5.57 Å². The molecule has 0 spiro atoms. The van der Waals surface area contributed by atoms with Crippen molar-refractivity contribution >= 4 is 0 Å². The van der Waals surface area contributed by atoms with E-state index in [1.807, 2.05) is 6.08 Å². The summed E-state index contributed by atoms with van der Waals surface area (Å²) in [5.41, 5.74) is 1.40. The van der Waals surface area contributed by atoms with Crippen LogP contribution in [0.25, 0.3) is 0 Å². The van der Waals surface area contributed by atoms with Crippen molar-refractivity contribution in [3.8, 4) is 0 Å². The van der Waals surface area contributed by atoms with Crippen LogP contribution in [-0.4, -0.2) is 12.8 Å². The van der Waals surface area contributed by atoms with Crippen LogP contribution in [0.3, 0.4) is 0 Å². The van der Waals surface area contributed by atoms with Crippen molar-refractivity contribution in [2.45, 2.75) is 52.1 Å². The third-order valence-electron chi connectivity index (χ3n) is 3.03. The van der Waals surface area contributed by atoms with Crippen molar-refractivity contribution in [3.05, 3.63) is 23.5 Å². The standard InChI is InChI=1S/C14H21F3O/c1-11(2)12-5-7-13(8-6-12)18-10-4-3-9-14(15,16)17/h5,7,11H,3-4,6,8-10H2,1-2H3. The highest BCUT2D eigenvalue weighted by molar-refractivity contribution is 5.22. The van der Waals surface area contributed by atoms with Crippen LogP contribution in [0.1, 0.15) is 46.0 Å². The lowest BCUT2D eigenvalue weighted by Crippen LogP contribution is -2.07. The molecule has 0 unspecified atom stereocenters. The van der Waals surface area contributed by atoms with Crippen LogP contribution in [0.5, 0.6) is 0 Å². The molecule has 0 radical (unpaired) electrons. The maximum absolute atomic E-state index is 11.9. The molecule has 0 bridgehead atoms. The van der Waals surface area contributed by atoms with Crippen molar-refractivity contribution in [3.63, 3.8) is 0 Å². The van der Waals surface area contributed by atoms with Gasteiger partial charge in [-0.05, 0) is 31.3 Å². The molecule has 0 aliphatic heterocycles. The molecule has 1 nitrogen and oxygen atoms in total. The Morgan fingerprint density at radius 1 is 1.17 bits per heavy atom. The Labute approximate surface area is 107 Å². The topological polar surface area (TPSA) is 9.23 Å². The Morgan fingerprint density at radius 3 is 2.39 bits per heavy atom. The lowest BCUT2D eigenvalue weighted by Gasteiger charge is -2.18. The van der Waals surface area contributed by atoms with Gasteiger partial charge in [-0.2, -0.15) is 13.2 Å². The van der Waals surface area contributed by atoms with Crippen molar-refractivity contribution in [1.29, 1.82) is 0 Å². The van der Waals surface area contributed by atoms with E-state index < -0.39 is 12.6 Å². The SMILES string of the molecule is CC(C)C1=CC=C(OCCCCC(F)(F)F)CC1. The van der Waals surface area contributed by atoms with Gasteiger partial charge in [-0.15, -0.1) is 0 Å². The molecular formula is C14H21F3O. The predicted molar refractivity (Wildman–Crippen MR) is 66.1 cm³/mol. The summed E-state index contributed by atoms with van der Waals surface area (Å²) in [7, 11) is 0. The molecule has 0 saturated carbocycles. The average molecular weight is 262 g/mol. The lowest BCUT2D eigenvalue weighted by atomic mass is 9.94. The van der Waals surface area contributed by atoms with E-state index in [2.05, 4.69) is 19.9 Å². The minimum Gasteiger partial charge on any atom is -0.498 e. The van der Waals surface area contributed by atoms with Crippen LogP contribution in [0.2, 0.25) is 0 Å². The van der Waals surface area contributed by atoms with E-state index in [4.69, 9.17) is 4.74 Å². The van der Waals surface area contributed by atoms with Crippen molar-refractivity contribution in [1.82, 2.24) is 0 Å². The number of unbranched alkanes of at least 4 members (excludes halogenated alkanes) is 1. The van der Waals surface area contributed by atoms with Gasteiger partial charge in [-0.1, -0.05) is 25.5 Å². The summed E-state index contributed by atoms with van der Waals surface area (Å²) >= 11 is 0. The monoisotopic (exact) mass is 262 g/mol. The largest absolute Gasteiger partial charge is 0.498 e. The summed E-state index contributed by atoms with van der Waals surface area (Å²) in [5, 5.41) is 0. The molecule has 0 N–H and O–H groups in total. The molecule has 1 aliphatic carbocycles. The quantitative estimate of drug-likeness (QED) is 0.612. The van der Waals surface area contributed by atoms with Crippen molar-refractivity contribution in [2.24, 2.45) is 5.92 Å². The van der Waals surface area contributed by atoms with Crippen LogP contribution in [0.4, 0.5) is 13.2 Å². The van der Waals surface area contributed by atoms with Gasteiger partial charge in [0.25, 0.3) is 0 Å². The highest BCUT2D eigenvalue weighted by atomic mass is 19.4. The summed E-state index contributed by atoms with van der Waals surface area (Å²) in [5.74, 6) is 1.45. The number of hydrogen-bond donors (Lipinski definition) is 0. The van der Waals surface area contributed by atoms with Gasteiger partial charge >= 0.3 is 6.18 Å². The Morgan fingerprint density at radius 2 is 1.89 bits per heavy atom. The van der Waals surface area contributed by atoms with Gasteiger partial charge in [0.1, 0.15) is 0 Å². The Kier molecular flexibility index (Phi) is 5.76. The second kappa shape index (κ2) is 6.86. The zero-order valence-corrected chi connectivity index (χ0v) is 11.0. The Hall–Kier alpha value is -0.930. The summed E-state index contributed by atoms with van der Waals surface area (Å²) in [6, 6.07) is 0. The van der Waals surface area contributed by atoms with Gasteiger partial charge in [-0.25, -0.2) is 0 Å². The van der Waals surface area contributed by atoms with Gasteiger partial charge < -0.3 is 4.74 Å². The first-order valence-electron chi connectivity index (χ1n) is 6.47. The molecule has 0 heterocycles.